The highest BCUT2D eigenvalue weighted by Gasteiger charge is 2.24. The molecule has 4 nitrogen and oxygen atoms in total. The van der Waals surface area contributed by atoms with Crippen LogP contribution in [0, 0.1) is 0 Å². The zero-order chi connectivity index (χ0) is 10.6. The van der Waals surface area contributed by atoms with Gasteiger partial charge in [0.2, 0.25) is 5.91 Å². The molecule has 0 N–H and O–H groups in total. The Morgan fingerprint density at radius 3 is 2.71 bits per heavy atom. The normalized spacial score (nSPS) is 18.2. The largest absolute Gasteiger partial charge is 0.446 e. The Morgan fingerprint density at radius 1 is 1.36 bits per heavy atom. The Bertz CT molecular complexity index is 225. The van der Waals surface area contributed by atoms with Crippen LogP contribution < -0.4 is 0 Å². The zero-order valence-corrected chi connectivity index (χ0v) is 8.78. The standard InChI is InChI=1S/C10H17NO3/c1-8(2)14-10(13)11-7-5-3-4-6-9(11)12/h8H,3-7H2,1-2H3. The Morgan fingerprint density at radius 2 is 2.07 bits per heavy atom. The number of carbonyl (C=O) groups excluding carboxylic acids is 2. The van der Waals surface area contributed by atoms with E-state index in [2.05, 4.69) is 0 Å². The van der Waals surface area contributed by atoms with Crippen LogP contribution in [0.5, 0.6) is 0 Å². The fourth-order valence-electron chi connectivity index (χ4n) is 1.44. The molecule has 0 aromatic rings. The first kappa shape index (κ1) is 11.0. The molecule has 0 radical (unpaired) electrons. The average molecular weight is 199 g/mol. The molecule has 0 unspecified atom stereocenters. The summed E-state index contributed by atoms with van der Waals surface area (Å²) in [4.78, 5) is 24.1. The lowest BCUT2D eigenvalue weighted by atomic mass is 10.2. The highest BCUT2D eigenvalue weighted by Crippen LogP contribution is 2.12. The van der Waals surface area contributed by atoms with E-state index in [4.69, 9.17) is 4.74 Å². The van der Waals surface area contributed by atoms with Gasteiger partial charge >= 0.3 is 6.09 Å². The van der Waals surface area contributed by atoms with Crippen LogP contribution in [-0.2, 0) is 9.53 Å². The molecule has 80 valence electrons. The highest BCUT2D eigenvalue weighted by molar-refractivity contribution is 5.92. The molecule has 1 fully saturated rings. The summed E-state index contributed by atoms with van der Waals surface area (Å²) in [6, 6.07) is 0. The predicted molar refractivity (Wildman–Crippen MR) is 51.8 cm³/mol. The molecule has 0 aromatic carbocycles. The molecule has 0 saturated carbocycles. The van der Waals surface area contributed by atoms with Crippen molar-refractivity contribution in [3.63, 3.8) is 0 Å². The summed E-state index contributed by atoms with van der Waals surface area (Å²) in [5, 5.41) is 0. The van der Waals surface area contributed by atoms with E-state index in [1.165, 1.54) is 4.90 Å². The summed E-state index contributed by atoms with van der Waals surface area (Å²) in [6.45, 7) is 4.06. The molecule has 0 aliphatic carbocycles. The van der Waals surface area contributed by atoms with Gasteiger partial charge < -0.3 is 4.74 Å². The van der Waals surface area contributed by atoms with Crippen LogP contribution in [0.4, 0.5) is 4.79 Å². The first-order valence-electron chi connectivity index (χ1n) is 5.12. The van der Waals surface area contributed by atoms with Gasteiger partial charge in [-0.1, -0.05) is 6.42 Å². The molecule has 0 bridgehead atoms. The number of nitrogens with zero attached hydrogens (tertiary/aromatic N) is 1. The van der Waals surface area contributed by atoms with Crippen LogP contribution in [0.15, 0.2) is 0 Å². The van der Waals surface area contributed by atoms with Gasteiger partial charge in [0, 0.05) is 13.0 Å². The van der Waals surface area contributed by atoms with E-state index < -0.39 is 6.09 Å². The third-order valence-corrected chi connectivity index (χ3v) is 2.13. The van der Waals surface area contributed by atoms with E-state index in [0.717, 1.165) is 19.3 Å². The smallest absolute Gasteiger partial charge is 0.416 e. The number of rotatable bonds is 1. The molecule has 14 heavy (non-hydrogen) atoms. The average Bonchev–Trinajstić information content (AvgIpc) is 2.28. The van der Waals surface area contributed by atoms with Crippen molar-refractivity contribution in [2.45, 2.75) is 45.6 Å². The van der Waals surface area contributed by atoms with Crippen LogP contribution >= 0.6 is 0 Å². The fraction of sp³-hybridized carbons (Fsp3) is 0.800. The Labute approximate surface area is 84.2 Å². The van der Waals surface area contributed by atoms with Crippen LogP contribution in [0.2, 0.25) is 0 Å². The van der Waals surface area contributed by atoms with E-state index in [9.17, 15) is 9.59 Å². The van der Waals surface area contributed by atoms with Gasteiger partial charge in [-0.25, -0.2) is 9.69 Å². The Balaban J connectivity index is 2.54. The van der Waals surface area contributed by atoms with E-state index >= 15 is 0 Å². The first-order valence-corrected chi connectivity index (χ1v) is 5.12. The second-order valence-electron chi connectivity index (χ2n) is 3.79. The molecule has 1 aliphatic rings. The van der Waals surface area contributed by atoms with Gasteiger partial charge in [-0.2, -0.15) is 0 Å². The SMILES string of the molecule is CC(C)OC(=O)N1CCCCCC1=O. The van der Waals surface area contributed by atoms with E-state index in [-0.39, 0.29) is 12.0 Å². The van der Waals surface area contributed by atoms with Crippen LogP contribution in [-0.4, -0.2) is 29.5 Å². The van der Waals surface area contributed by atoms with Crippen molar-refractivity contribution >= 4 is 12.0 Å². The fourth-order valence-corrected chi connectivity index (χ4v) is 1.44. The molecule has 4 heteroatoms. The van der Waals surface area contributed by atoms with Gasteiger partial charge in [-0.3, -0.25) is 4.79 Å². The lowest BCUT2D eigenvalue weighted by Crippen LogP contribution is -2.37. The van der Waals surface area contributed by atoms with Gasteiger partial charge in [0.25, 0.3) is 0 Å². The van der Waals surface area contributed by atoms with Crippen molar-refractivity contribution in [2.75, 3.05) is 6.54 Å². The Kier molecular flexibility index (Phi) is 3.92. The van der Waals surface area contributed by atoms with Gasteiger partial charge in [0.1, 0.15) is 0 Å². The lowest BCUT2D eigenvalue weighted by molar-refractivity contribution is -0.129. The molecule has 1 heterocycles. The number of hydrogen-bond donors (Lipinski definition) is 0. The molecule has 0 aromatic heterocycles. The monoisotopic (exact) mass is 199 g/mol. The number of imide groups is 1. The number of ether oxygens (including phenoxy) is 1. The van der Waals surface area contributed by atoms with Gasteiger partial charge in [0.05, 0.1) is 6.10 Å². The van der Waals surface area contributed by atoms with Gasteiger partial charge in [-0.05, 0) is 26.7 Å². The van der Waals surface area contributed by atoms with Crippen LogP contribution in [0.25, 0.3) is 0 Å². The maximum Gasteiger partial charge on any atom is 0.416 e. The molecular weight excluding hydrogens is 182 g/mol. The van der Waals surface area contributed by atoms with Crippen LogP contribution in [0.3, 0.4) is 0 Å². The third kappa shape index (κ3) is 3.01. The third-order valence-electron chi connectivity index (χ3n) is 2.13. The predicted octanol–water partition coefficient (Wildman–Crippen LogP) is 1.93. The van der Waals surface area contributed by atoms with E-state index in [1.54, 1.807) is 13.8 Å². The molecule has 0 spiro atoms. The highest BCUT2D eigenvalue weighted by atomic mass is 16.6. The van der Waals surface area contributed by atoms with Crippen molar-refractivity contribution < 1.29 is 14.3 Å². The minimum absolute atomic E-state index is 0.104. The molecule has 1 rings (SSSR count). The second-order valence-corrected chi connectivity index (χ2v) is 3.79. The molecule has 1 aliphatic heterocycles. The van der Waals surface area contributed by atoms with E-state index in [0.29, 0.717) is 13.0 Å². The molecule has 1 saturated heterocycles. The number of likely N-dealkylation sites (tertiary alicyclic amines) is 1. The molecular formula is C10H17NO3. The summed E-state index contributed by atoms with van der Waals surface area (Å²) in [7, 11) is 0. The number of carbonyl (C=O) groups is 2. The number of hydrogen-bond acceptors (Lipinski definition) is 3. The Hall–Kier alpha value is -1.06. The zero-order valence-electron chi connectivity index (χ0n) is 8.78. The summed E-state index contributed by atoms with van der Waals surface area (Å²) < 4.78 is 4.98. The maximum atomic E-state index is 11.5. The minimum atomic E-state index is -0.494. The maximum absolute atomic E-state index is 11.5. The van der Waals surface area contributed by atoms with Gasteiger partial charge in [-0.15, -0.1) is 0 Å². The van der Waals surface area contributed by atoms with Crippen LogP contribution in [0.1, 0.15) is 39.5 Å². The second kappa shape index (κ2) is 4.98. The van der Waals surface area contributed by atoms with Crippen molar-refractivity contribution in [3.05, 3.63) is 0 Å². The summed E-state index contributed by atoms with van der Waals surface area (Å²) >= 11 is 0. The van der Waals surface area contributed by atoms with E-state index in [1.807, 2.05) is 0 Å². The lowest BCUT2D eigenvalue weighted by Gasteiger charge is -2.19. The summed E-state index contributed by atoms with van der Waals surface area (Å²) in [5.74, 6) is -0.104. The minimum Gasteiger partial charge on any atom is -0.446 e. The van der Waals surface area contributed by atoms with Crippen molar-refractivity contribution in [1.29, 1.82) is 0 Å². The summed E-state index contributed by atoms with van der Waals surface area (Å²) in [6.07, 6.45) is 2.58. The summed E-state index contributed by atoms with van der Waals surface area (Å²) in [5.41, 5.74) is 0. The van der Waals surface area contributed by atoms with Crippen molar-refractivity contribution in [1.82, 2.24) is 4.90 Å². The van der Waals surface area contributed by atoms with Crippen molar-refractivity contribution in [3.8, 4) is 0 Å². The first-order chi connectivity index (χ1) is 6.61. The topological polar surface area (TPSA) is 46.6 Å². The quantitative estimate of drug-likeness (QED) is 0.648. The molecule has 2 amide bonds. The number of amides is 2. The van der Waals surface area contributed by atoms with Crippen molar-refractivity contribution in [2.24, 2.45) is 0 Å². The molecule has 0 atom stereocenters. The van der Waals surface area contributed by atoms with Gasteiger partial charge in [0.15, 0.2) is 0 Å².